The quantitative estimate of drug-likeness (QED) is 0.784. The van der Waals surface area contributed by atoms with Crippen LogP contribution in [-0.2, 0) is 5.54 Å². The third kappa shape index (κ3) is 3.05. The third-order valence-electron chi connectivity index (χ3n) is 4.56. The van der Waals surface area contributed by atoms with Crippen LogP contribution >= 0.6 is 0 Å². The predicted molar refractivity (Wildman–Crippen MR) is 88.5 cm³/mol. The highest BCUT2D eigenvalue weighted by atomic mass is 16.5. The first-order valence-electron chi connectivity index (χ1n) is 8.37. The second-order valence-corrected chi connectivity index (χ2v) is 6.24. The maximum absolute atomic E-state index is 12.5. The Bertz CT molecular complexity index is 836. The fraction of sp³-hybridized carbons (Fsp3) is 0.333. The maximum atomic E-state index is 12.5. The van der Waals surface area contributed by atoms with Crippen molar-refractivity contribution in [2.24, 2.45) is 0 Å². The van der Waals surface area contributed by atoms with Crippen molar-refractivity contribution in [3.8, 4) is 11.4 Å². The van der Waals surface area contributed by atoms with Crippen molar-refractivity contribution in [3.63, 3.8) is 0 Å². The molecule has 128 valence electrons. The summed E-state index contributed by atoms with van der Waals surface area (Å²) in [7, 11) is 0. The zero-order valence-electron chi connectivity index (χ0n) is 13.6. The topological polar surface area (TPSA) is 94.1 Å². The van der Waals surface area contributed by atoms with Crippen molar-refractivity contribution in [1.29, 1.82) is 0 Å². The number of pyridine rings is 1. The van der Waals surface area contributed by atoms with Gasteiger partial charge >= 0.3 is 0 Å². The summed E-state index contributed by atoms with van der Waals surface area (Å²) in [5.74, 6) is 0.913. The van der Waals surface area contributed by atoms with Crippen molar-refractivity contribution < 1.29 is 13.7 Å². The van der Waals surface area contributed by atoms with Crippen molar-refractivity contribution in [1.82, 2.24) is 20.4 Å². The molecule has 0 bridgehead atoms. The molecule has 25 heavy (non-hydrogen) atoms. The minimum Gasteiger partial charge on any atom is -0.459 e. The smallest absolute Gasteiger partial charge is 0.287 e. The predicted octanol–water partition coefficient (Wildman–Crippen LogP) is 3.31. The molecule has 1 aliphatic rings. The summed E-state index contributed by atoms with van der Waals surface area (Å²) in [5.41, 5.74) is 0.121. The molecule has 1 saturated carbocycles. The Labute approximate surface area is 144 Å². The summed E-state index contributed by atoms with van der Waals surface area (Å²) in [4.78, 5) is 21.2. The van der Waals surface area contributed by atoms with E-state index in [9.17, 15) is 4.79 Å². The standard InChI is InChI=1S/C18H18N4O3/c23-16(14-7-5-11-24-14)21-18(8-2-1-3-9-18)17-20-15(22-25-17)13-6-4-10-19-12-13/h4-7,10-12H,1-3,8-9H2,(H,21,23). The Kier molecular flexibility index (Phi) is 4.05. The lowest BCUT2D eigenvalue weighted by Gasteiger charge is -2.34. The Morgan fingerprint density at radius 2 is 2.04 bits per heavy atom. The molecule has 0 aromatic carbocycles. The summed E-state index contributed by atoms with van der Waals surface area (Å²) < 4.78 is 10.8. The minimum atomic E-state index is -0.657. The molecule has 3 aromatic rings. The molecule has 4 rings (SSSR count). The van der Waals surface area contributed by atoms with Crippen LogP contribution in [-0.4, -0.2) is 21.0 Å². The van der Waals surface area contributed by atoms with Gasteiger partial charge in [-0.05, 0) is 37.1 Å². The van der Waals surface area contributed by atoms with Gasteiger partial charge in [-0.2, -0.15) is 4.98 Å². The highest BCUT2D eigenvalue weighted by Gasteiger charge is 2.41. The first kappa shape index (κ1) is 15.6. The van der Waals surface area contributed by atoms with Crippen molar-refractivity contribution in [2.45, 2.75) is 37.6 Å². The summed E-state index contributed by atoms with van der Waals surface area (Å²) in [6.07, 6.45) is 9.48. The molecule has 7 nitrogen and oxygen atoms in total. The molecule has 1 amide bonds. The number of aromatic nitrogens is 3. The Hall–Kier alpha value is -2.96. The van der Waals surface area contributed by atoms with Crippen LogP contribution < -0.4 is 5.32 Å². The Morgan fingerprint density at radius 1 is 1.16 bits per heavy atom. The normalized spacial score (nSPS) is 16.5. The summed E-state index contributed by atoms with van der Waals surface area (Å²) in [6, 6.07) is 7.02. The molecule has 3 heterocycles. The van der Waals surface area contributed by atoms with Crippen LogP contribution in [0.2, 0.25) is 0 Å². The molecule has 0 atom stereocenters. The highest BCUT2D eigenvalue weighted by molar-refractivity contribution is 5.91. The average molecular weight is 338 g/mol. The lowest BCUT2D eigenvalue weighted by molar-refractivity contribution is 0.0796. The van der Waals surface area contributed by atoms with Gasteiger partial charge in [-0.25, -0.2) is 0 Å². The lowest BCUT2D eigenvalue weighted by atomic mass is 9.81. The number of hydrogen-bond donors (Lipinski definition) is 1. The summed E-state index contributed by atoms with van der Waals surface area (Å²) >= 11 is 0. The number of amides is 1. The molecule has 0 radical (unpaired) electrons. The molecule has 3 aromatic heterocycles. The van der Waals surface area contributed by atoms with Gasteiger partial charge in [0.25, 0.3) is 11.8 Å². The fourth-order valence-corrected chi connectivity index (χ4v) is 3.26. The second-order valence-electron chi connectivity index (χ2n) is 6.24. The lowest BCUT2D eigenvalue weighted by Crippen LogP contribution is -2.47. The van der Waals surface area contributed by atoms with E-state index in [1.54, 1.807) is 24.5 Å². The molecule has 0 aliphatic heterocycles. The SMILES string of the molecule is O=C(NC1(c2nc(-c3cccnc3)no2)CCCCC1)c1ccco1. The van der Waals surface area contributed by atoms with E-state index in [1.807, 2.05) is 12.1 Å². The van der Waals surface area contributed by atoms with Crippen LogP contribution in [0.25, 0.3) is 11.4 Å². The largest absolute Gasteiger partial charge is 0.459 e. The van der Waals surface area contributed by atoms with Crippen LogP contribution in [0, 0.1) is 0 Å². The van der Waals surface area contributed by atoms with E-state index in [4.69, 9.17) is 8.94 Å². The van der Waals surface area contributed by atoms with Gasteiger partial charge in [0.05, 0.1) is 6.26 Å². The molecule has 7 heteroatoms. The van der Waals surface area contributed by atoms with Crippen molar-refractivity contribution in [3.05, 3.63) is 54.6 Å². The first-order valence-corrected chi connectivity index (χ1v) is 8.37. The molecule has 0 saturated heterocycles. The van der Waals surface area contributed by atoms with Gasteiger partial charge < -0.3 is 14.3 Å². The number of hydrogen-bond acceptors (Lipinski definition) is 6. The van der Waals surface area contributed by atoms with E-state index in [0.717, 1.165) is 37.7 Å². The van der Waals surface area contributed by atoms with Crippen LogP contribution in [0.1, 0.15) is 48.5 Å². The maximum Gasteiger partial charge on any atom is 0.287 e. The Morgan fingerprint density at radius 3 is 2.76 bits per heavy atom. The van der Waals surface area contributed by atoms with E-state index in [2.05, 4.69) is 20.4 Å². The highest BCUT2D eigenvalue weighted by Crippen LogP contribution is 2.37. The van der Waals surface area contributed by atoms with Crippen LogP contribution in [0.5, 0.6) is 0 Å². The number of carbonyl (C=O) groups is 1. The van der Waals surface area contributed by atoms with Crippen molar-refractivity contribution >= 4 is 5.91 Å². The van der Waals surface area contributed by atoms with E-state index >= 15 is 0 Å². The monoisotopic (exact) mass is 338 g/mol. The zero-order chi connectivity index (χ0) is 17.1. The van der Waals surface area contributed by atoms with Gasteiger partial charge in [0, 0.05) is 18.0 Å². The number of furan rings is 1. The molecule has 0 unspecified atom stereocenters. The van der Waals surface area contributed by atoms with Gasteiger partial charge in [-0.1, -0.05) is 24.4 Å². The average Bonchev–Trinajstić information content (AvgIpc) is 3.35. The molecule has 1 N–H and O–H groups in total. The first-order chi connectivity index (χ1) is 12.3. The minimum absolute atomic E-state index is 0.270. The summed E-state index contributed by atoms with van der Waals surface area (Å²) in [6.45, 7) is 0. The molecular weight excluding hydrogens is 320 g/mol. The summed E-state index contributed by atoms with van der Waals surface area (Å²) in [5, 5.41) is 7.15. The van der Waals surface area contributed by atoms with Gasteiger partial charge in [-0.3, -0.25) is 9.78 Å². The van der Waals surface area contributed by atoms with E-state index in [0.29, 0.717) is 11.7 Å². The number of nitrogens with zero attached hydrogens (tertiary/aromatic N) is 3. The van der Waals surface area contributed by atoms with Crippen LogP contribution in [0.3, 0.4) is 0 Å². The van der Waals surface area contributed by atoms with Gasteiger partial charge in [0.15, 0.2) is 5.76 Å². The van der Waals surface area contributed by atoms with E-state index in [1.165, 1.54) is 6.26 Å². The van der Waals surface area contributed by atoms with Crippen LogP contribution in [0.4, 0.5) is 0 Å². The van der Waals surface area contributed by atoms with E-state index < -0.39 is 5.54 Å². The van der Waals surface area contributed by atoms with Crippen LogP contribution in [0.15, 0.2) is 51.9 Å². The van der Waals surface area contributed by atoms with E-state index in [-0.39, 0.29) is 11.7 Å². The van der Waals surface area contributed by atoms with Gasteiger partial charge in [0.2, 0.25) is 5.82 Å². The number of nitrogens with one attached hydrogen (secondary N) is 1. The molecule has 1 aliphatic carbocycles. The third-order valence-corrected chi connectivity index (χ3v) is 4.56. The number of rotatable bonds is 4. The molecular formula is C18H18N4O3. The Balaban J connectivity index is 1.65. The molecule has 0 spiro atoms. The van der Waals surface area contributed by atoms with Gasteiger partial charge in [0.1, 0.15) is 5.54 Å². The second kappa shape index (κ2) is 6.51. The fourth-order valence-electron chi connectivity index (χ4n) is 3.26. The molecule has 1 fully saturated rings. The zero-order valence-corrected chi connectivity index (χ0v) is 13.6. The van der Waals surface area contributed by atoms with Crippen molar-refractivity contribution in [2.75, 3.05) is 0 Å². The number of carbonyl (C=O) groups excluding carboxylic acids is 1. The van der Waals surface area contributed by atoms with Gasteiger partial charge in [-0.15, -0.1) is 0 Å².